The lowest BCUT2D eigenvalue weighted by atomic mass is 10.2. The molecule has 9 heteroatoms. The zero-order valence-corrected chi connectivity index (χ0v) is 17.1. The number of hydrogen-bond acceptors (Lipinski definition) is 9. The van der Waals surface area contributed by atoms with Crippen molar-refractivity contribution in [2.75, 3.05) is 21.3 Å². The molecule has 158 valence electrons. The Balaban J connectivity index is 1.57. The Morgan fingerprint density at radius 1 is 0.967 bits per heavy atom. The average molecular weight is 414 g/mol. The van der Waals surface area contributed by atoms with E-state index in [1.807, 2.05) is 0 Å². The van der Waals surface area contributed by atoms with Crippen LogP contribution in [0.5, 0.6) is 23.0 Å². The third-order valence-electron chi connectivity index (χ3n) is 4.15. The summed E-state index contributed by atoms with van der Waals surface area (Å²) in [5, 5.41) is 3.91. The van der Waals surface area contributed by atoms with Gasteiger partial charge < -0.3 is 28.2 Å². The average Bonchev–Trinajstić information content (AvgIpc) is 3.26. The molecule has 3 aromatic rings. The number of carbonyl (C=O) groups excluding carboxylic acids is 1. The number of rotatable bonds is 9. The van der Waals surface area contributed by atoms with Crippen LogP contribution in [0.25, 0.3) is 11.4 Å². The molecule has 1 aromatic heterocycles. The number of methoxy groups -OCH3 is 3. The smallest absolute Gasteiger partial charge is 0.347 e. The maximum absolute atomic E-state index is 12.2. The van der Waals surface area contributed by atoms with Crippen LogP contribution in [0.4, 0.5) is 0 Å². The van der Waals surface area contributed by atoms with Crippen molar-refractivity contribution in [1.82, 2.24) is 10.1 Å². The second kappa shape index (κ2) is 9.64. The highest BCUT2D eigenvalue weighted by molar-refractivity contribution is 5.74. The van der Waals surface area contributed by atoms with E-state index in [0.29, 0.717) is 34.4 Å². The molecule has 0 spiro atoms. The Morgan fingerprint density at radius 2 is 1.67 bits per heavy atom. The number of benzene rings is 2. The maximum Gasteiger partial charge on any atom is 0.347 e. The minimum absolute atomic E-state index is 0.157. The summed E-state index contributed by atoms with van der Waals surface area (Å²) in [7, 11) is 4.67. The van der Waals surface area contributed by atoms with Gasteiger partial charge in [0.2, 0.25) is 5.82 Å². The third-order valence-corrected chi connectivity index (χ3v) is 4.15. The number of esters is 1. The molecule has 1 unspecified atom stereocenters. The SMILES string of the molecule is COc1ccc(OC(C)C(=O)OCc2nc(-c3ccc(OC)c(OC)c3)no2)cc1. The molecule has 3 rings (SSSR count). The lowest BCUT2D eigenvalue weighted by Crippen LogP contribution is -2.26. The van der Waals surface area contributed by atoms with Crippen LogP contribution in [-0.2, 0) is 16.1 Å². The van der Waals surface area contributed by atoms with Crippen molar-refractivity contribution in [1.29, 1.82) is 0 Å². The summed E-state index contributed by atoms with van der Waals surface area (Å²) in [6.07, 6.45) is -0.813. The highest BCUT2D eigenvalue weighted by atomic mass is 16.6. The van der Waals surface area contributed by atoms with Crippen LogP contribution < -0.4 is 18.9 Å². The molecule has 0 N–H and O–H groups in total. The Labute approximate surface area is 173 Å². The monoisotopic (exact) mass is 414 g/mol. The molecule has 2 aromatic carbocycles. The van der Waals surface area contributed by atoms with E-state index in [-0.39, 0.29) is 12.5 Å². The van der Waals surface area contributed by atoms with Gasteiger partial charge in [-0.25, -0.2) is 4.79 Å². The van der Waals surface area contributed by atoms with Gasteiger partial charge in [0.05, 0.1) is 21.3 Å². The zero-order valence-electron chi connectivity index (χ0n) is 17.1. The maximum atomic E-state index is 12.2. The van der Waals surface area contributed by atoms with E-state index >= 15 is 0 Å². The van der Waals surface area contributed by atoms with E-state index in [1.165, 1.54) is 7.11 Å². The van der Waals surface area contributed by atoms with Crippen LogP contribution in [0.15, 0.2) is 47.0 Å². The minimum atomic E-state index is -0.813. The molecule has 0 radical (unpaired) electrons. The number of ether oxygens (including phenoxy) is 5. The van der Waals surface area contributed by atoms with Crippen molar-refractivity contribution in [3.8, 4) is 34.4 Å². The van der Waals surface area contributed by atoms with Crippen molar-refractivity contribution < 1.29 is 33.0 Å². The zero-order chi connectivity index (χ0) is 21.5. The molecule has 0 saturated heterocycles. The largest absolute Gasteiger partial charge is 0.497 e. The van der Waals surface area contributed by atoms with Gasteiger partial charge in [0.15, 0.2) is 24.2 Å². The van der Waals surface area contributed by atoms with E-state index in [4.69, 9.17) is 28.2 Å². The van der Waals surface area contributed by atoms with Crippen molar-refractivity contribution in [2.45, 2.75) is 19.6 Å². The van der Waals surface area contributed by atoms with Crippen molar-refractivity contribution in [3.05, 3.63) is 48.4 Å². The van der Waals surface area contributed by atoms with Crippen LogP contribution in [0.3, 0.4) is 0 Å². The van der Waals surface area contributed by atoms with Gasteiger partial charge in [-0.1, -0.05) is 5.16 Å². The van der Waals surface area contributed by atoms with Crippen molar-refractivity contribution >= 4 is 5.97 Å². The number of aromatic nitrogens is 2. The summed E-state index contributed by atoms with van der Waals surface area (Å²) in [6.45, 7) is 1.42. The second-order valence-corrected chi connectivity index (χ2v) is 6.12. The molecular weight excluding hydrogens is 392 g/mol. The van der Waals surface area contributed by atoms with Crippen LogP contribution in [0.1, 0.15) is 12.8 Å². The van der Waals surface area contributed by atoms with Crippen LogP contribution in [0, 0.1) is 0 Å². The molecule has 30 heavy (non-hydrogen) atoms. The fraction of sp³-hybridized carbons (Fsp3) is 0.286. The fourth-order valence-electron chi connectivity index (χ4n) is 2.56. The van der Waals surface area contributed by atoms with Gasteiger partial charge >= 0.3 is 5.97 Å². The van der Waals surface area contributed by atoms with E-state index in [9.17, 15) is 4.79 Å². The molecule has 0 aliphatic carbocycles. The molecule has 0 saturated carbocycles. The Hall–Kier alpha value is -3.75. The van der Waals surface area contributed by atoms with E-state index in [0.717, 1.165) is 0 Å². The normalized spacial score (nSPS) is 11.5. The van der Waals surface area contributed by atoms with Crippen molar-refractivity contribution in [2.24, 2.45) is 0 Å². The molecule has 9 nitrogen and oxygen atoms in total. The van der Waals surface area contributed by atoms with Gasteiger partial charge in [0.25, 0.3) is 5.89 Å². The lowest BCUT2D eigenvalue weighted by molar-refractivity contribution is -0.153. The number of carbonyl (C=O) groups is 1. The molecule has 0 bridgehead atoms. The predicted molar refractivity (Wildman–Crippen MR) is 106 cm³/mol. The first kappa shape index (κ1) is 21.0. The van der Waals surface area contributed by atoms with E-state index in [2.05, 4.69) is 10.1 Å². The van der Waals surface area contributed by atoms with Gasteiger partial charge in [-0.05, 0) is 49.4 Å². The van der Waals surface area contributed by atoms with E-state index in [1.54, 1.807) is 63.6 Å². The summed E-state index contributed by atoms with van der Waals surface area (Å²) in [4.78, 5) is 16.4. The first-order valence-corrected chi connectivity index (χ1v) is 9.06. The molecule has 1 heterocycles. The first-order valence-electron chi connectivity index (χ1n) is 9.06. The summed E-state index contributed by atoms with van der Waals surface area (Å²) in [6, 6.07) is 12.1. The van der Waals surface area contributed by atoms with Gasteiger partial charge in [-0.3, -0.25) is 0 Å². The van der Waals surface area contributed by atoms with Crippen LogP contribution in [-0.4, -0.2) is 43.5 Å². The number of nitrogens with zero attached hydrogens (tertiary/aromatic N) is 2. The van der Waals surface area contributed by atoms with E-state index < -0.39 is 12.1 Å². The minimum Gasteiger partial charge on any atom is -0.497 e. The topological polar surface area (TPSA) is 102 Å². The van der Waals surface area contributed by atoms with Crippen molar-refractivity contribution in [3.63, 3.8) is 0 Å². The van der Waals surface area contributed by atoms with Gasteiger partial charge in [-0.2, -0.15) is 4.98 Å². The summed E-state index contributed by atoms with van der Waals surface area (Å²) < 4.78 is 31.5. The van der Waals surface area contributed by atoms with Gasteiger partial charge in [-0.15, -0.1) is 0 Å². The quantitative estimate of drug-likeness (QED) is 0.488. The molecular formula is C21H22N2O7. The standard InChI is InChI=1S/C21H22N2O7/c1-13(29-16-8-6-15(25-2)7-9-16)21(24)28-12-19-22-20(23-30-19)14-5-10-17(26-3)18(11-14)27-4/h5-11,13H,12H2,1-4H3. The molecule has 0 fully saturated rings. The Morgan fingerprint density at radius 3 is 2.33 bits per heavy atom. The predicted octanol–water partition coefficient (Wildman–Crippen LogP) is 3.27. The highest BCUT2D eigenvalue weighted by Gasteiger charge is 2.19. The van der Waals surface area contributed by atoms with Crippen LogP contribution >= 0.6 is 0 Å². The molecule has 0 amide bonds. The molecule has 0 aliphatic heterocycles. The molecule has 1 atom stereocenters. The fourth-order valence-corrected chi connectivity index (χ4v) is 2.56. The lowest BCUT2D eigenvalue weighted by Gasteiger charge is -2.13. The summed E-state index contributed by atoms with van der Waals surface area (Å²) in [5.41, 5.74) is 0.671. The Bertz CT molecular complexity index is 985. The van der Waals surface area contributed by atoms with Crippen LogP contribution in [0.2, 0.25) is 0 Å². The highest BCUT2D eigenvalue weighted by Crippen LogP contribution is 2.31. The van der Waals surface area contributed by atoms with Gasteiger partial charge in [0, 0.05) is 5.56 Å². The molecule has 0 aliphatic rings. The summed E-state index contributed by atoms with van der Waals surface area (Å²) in [5.74, 6) is 2.28. The summed E-state index contributed by atoms with van der Waals surface area (Å²) >= 11 is 0. The Kier molecular flexibility index (Phi) is 6.74. The van der Waals surface area contributed by atoms with Gasteiger partial charge in [0.1, 0.15) is 11.5 Å². The first-order chi connectivity index (χ1) is 14.5. The second-order valence-electron chi connectivity index (χ2n) is 6.12. The third kappa shape index (κ3) is 4.99. The number of hydrogen-bond donors (Lipinski definition) is 0.